The number of carbonyl (C=O) groups excluding carboxylic acids is 1. The predicted octanol–water partition coefficient (Wildman–Crippen LogP) is 2.33. The minimum atomic E-state index is -0.218. The van der Waals surface area contributed by atoms with Gasteiger partial charge in [-0.25, -0.2) is 4.79 Å². The van der Waals surface area contributed by atoms with Crippen molar-refractivity contribution in [2.45, 2.75) is 65.5 Å². The molecule has 0 unspecified atom stereocenters. The average molecular weight is 243 g/mol. The van der Waals surface area contributed by atoms with Crippen LogP contribution in [0.1, 0.15) is 54.4 Å². The van der Waals surface area contributed by atoms with Crippen molar-refractivity contribution in [3.8, 4) is 0 Å². The number of hydrogen-bond donors (Lipinski definition) is 2. The van der Waals surface area contributed by atoms with Gasteiger partial charge in [0.05, 0.1) is 5.54 Å². The first-order valence-electron chi connectivity index (χ1n) is 6.56. The van der Waals surface area contributed by atoms with Crippen LogP contribution in [-0.4, -0.2) is 35.1 Å². The number of likely N-dealkylation sites (N-methyl/N-ethyl adjacent to an activating group) is 1. The number of urea groups is 1. The minimum Gasteiger partial charge on any atom is -0.333 e. The van der Waals surface area contributed by atoms with E-state index in [0.717, 1.165) is 12.8 Å². The topological polar surface area (TPSA) is 58.4 Å². The highest BCUT2D eigenvalue weighted by Crippen LogP contribution is 2.23. The first kappa shape index (κ1) is 16.2. The first-order valence-corrected chi connectivity index (χ1v) is 6.56. The third kappa shape index (κ3) is 4.19. The lowest BCUT2D eigenvalue weighted by Gasteiger charge is -2.43. The molecule has 102 valence electrons. The zero-order valence-electron chi connectivity index (χ0n) is 12.3. The highest BCUT2D eigenvalue weighted by molar-refractivity contribution is 5.75. The third-order valence-electron chi connectivity index (χ3n) is 3.31. The van der Waals surface area contributed by atoms with Crippen LogP contribution in [0.2, 0.25) is 0 Å². The summed E-state index contributed by atoms with van der Waals surface area (Å²) < 4.78 is 0. The second kappa shape index (κ2) is 6.24. The molecule has 17 heavy (non-hydrogen) atoms. The molecule has 3 N–H and O–H groups in total. The summed E-state index contributed by atoms with van der Waals surface area (Å²) in [6, 6.07) is -0.0193. The molecule has 0 aliphatic rings. The van der Waals surface area contributed by atoms with Gasteiger partial charge in [0, 0.05) is 18.6 Å². The molecular weight excluding hydrogens is 214 g/mol. The van der Waals surface area contributed by atoms with Gasteiger partial charge < -0.3 is 16.0 Å². The van der Waals surface area contributed by atoms with Crippen LogP contribution in [0.3, 0.4) is 0 Å². The number of nitrogens with one attached hydrogen (secondary N) is 1. The summed E-state index contributed by atoms with van der Waals surface area (Å²) in [4.78, 5) is 14.1. The standard InChI is InChI=1S/C13H29N3O/c1-7-13(8-2,10-14)16(9-3)11(17)15-12(4,5)6/h7-10,14H2,1-6H3,(H,15,17). The van der Waals surface area contributed by atoms with Crippen molar-refractivity contribution >= 4 is 6.03 Å². The van der Waals surface area contributed by atoms with Crippen molar-refractivity contribution in [3.63, 3.8) is 0 Å². The second-order valence-electron chi connectivity index (χ2n) is 5.56. The van der Waals surface area contributed by atoms with Gasteiger partial charge in [0.2, 0.25) is 0 Å². The molecule has 0 spiro atoms. The lowest BCUT2D eigenvalue weighted by molar-refractivity contribution is 0.108. The fraction of sp³-hybridized carbons (Fsp3) is 0.923. The molecule has 0 aromatic heterocycles. The highest BCUT2D eigenvalue weighted by atomic mass is 16.2. The van der Waals surface area contributed by atoms with E-state index in [0.29, 0.717) is 13.1 Å². The van der Waals surface area contributed by atoms with Crippen LogP contribution in [0.15, 0.2) is 0 Å². The van der Waals surface area contributed by atoms with Gasteiger partial charge >= 0.3 is 6.03 Å². The summed E-state index contributed by atoms with van der Waals surface area (Å²) in [7, 11) is 0. The van der Waals surface area contributed by atoms with E-state index in [2.05, 4.69) is 19.2 Å². The van der Waals surface area contributed by atoms with E-state index in [4.69, 9.17) is 5.73 Å². The number of amides is 2. The Bertz CT molecular complexity index is 233. The van der Waals surface area contributed by atoms with Gasteiger partial charge in [-0.15, -0.1) is 0 Å². The summed E-state index contributed by atoms with van der Waals surface area (Å²) in [5, 5.41) is 3.01. The fourth-order valence-electron chi connectivity index (χ4n) is 2.11. The monoisotopic (exact) mass is 243 g/mol. The van der Waals surface area contributed by atoms with Crippen molar-refractivity contribution < 1.29 is 4.79 Å². The van der Waals surface area contributed by atoms with Crippen molar-refractivity contribution in [2.75, 3.05) is 13.1 Å². The Morgan fingerprint density at radius 2 is 1.65 bits per heavy atom. The lowest BCUT2D eigenvalue weighted by atomic mass is 9.90. The maximum atomic E-state index is 12.3. The summed E-state index contributed by atoms with van der Waals surface area (Å²) in [5.41, 5.74) is 5.45. The number of rotatable bonds is 5. The molecule has 0 aliphatic heterocycles. The van der Waals surface area contributed by atoms with E-state index >= 15 is 0 Å². The molecule has 0 atom stereocenters. The molecule has 4 nitrogen and oxygen atoms in total. The van der Waals surface area contributed by atoms with E-state index in [1.807, 2.05) is 32.6 Å². The number of nitrogens with two attached hydrogens (primary N) is 1. The van der Waals surface area contributed by atoms with E-state index in [-0.39, 0.29) is 17.1 Å². The van der Waals surface area contributed by atoms with E-state index in [1.54, 1.807) is 0 Å². The van der Waals surface area contributed by atoms with Gasteiger partial charge in [-0.2, -0.15) is 0 Å². The van der Waals surface area contributed by atoms with Gasteiger partial charge in [0.25, 0.3) is 0 Å². The van der Waals surface area contributed by atoms with E-state index in [9.17, 15) is 4.79 Å². The molecule has 4 heteroatoms. The molecule has 0 fully saturated rings. The Balaban J connectivity index is 4.98. The maximum absolute atomic E-state index is 12.3. The van der Waals surface area contributed by atoms with Gasteiger partial charge in [-0.3, -0.25) is 0 Å². The van der Waals surface area contributed by atoms with E-state index in [1.165, 1.54) is 0 Å². The van der Waals surface area contributed by atoms with Gasteiger partial charge in [0.15, 0.2) is 0 Å². The van der Waals surface area contributed by atoms with Crippen LogP contribution in [0.4, 0.5) is 4.79 Å². The largest absolute Gasteiger partial charge is 0.333 e. The molecule has 0 heterocycles. The summed E-state index contributed by atoms with van der Waals surface area (Å²) in [5.74, 6) is 0. The molecule has 0 radical (unpaired) electrons. The van der Waals surface area contributed by atoms with Crippen LogP contribution in [-0.2, 0) is 0 Å². The van der Waals surface area contributed by atoms with Crippen molar-refractivity contribution in [3.05, 3.63) is 0 Å². The Morgan fingerprint density at radius 1 is 1.18 bits per heavy atom. The zero-order valence-corrected chi connectivity index (χ0v) is 12.3. The first-order chi connectivity index (χ1) is 7.76. The Kier molecular flexibility index (Phi) is 5.96. The SMILES string of the molecule is CCN(C(=O)NC(C)(C)C)C(CC)(CC)CN. The van der Waals surface area contributed by atoms with Crippen molar-refractivity contribution in [1.29, 1.82) is 0 Å². The van der Waals surface area contributed by atoms with Gasteiger partial charge in [-0.05, 0) is 40.5 Å². The lowest BCUT2D eigenvalue weighted by Crippen LogP contribution is -2.60. The zero-order chi connectivity index (χ0) is 13.7. The Labute approximate surface area is 106 Å². The Hall–Kier alpha value is -0.770. The number of hydrogen-bond acceptors (Lipinski definition) is 2. The fourth-order valence-corrected chi connectivity index (χ4v) is 2.11. The molecule has 0 aromatic rings. The molecule has 0 aliphatic carbocycles. The van der Waals surface area contributed by atoms with Gasteiger partial charge in [0.1, 0.15) is 0 Å². The molecule has 0 saturated carbocycles. The van der Waals surface area contributed by atoms with E-state index < -0.39 is 0 Å². The molecule has 0 bridgehead atoms. The van der Waals surface area contributed by atoms with Crippen LogP contribution < -0.4 is 11.1 Å². The van der Waals surface area contributed by atoms with Gasteiger partial charge in [-0.1, -0.05) is 13.8 Å². The second-order valence-corrected chi connectivity index (χ2v) is 5.56. The molecular formula is C13H29N3O. The maximum Gasteiger partial charge on any atom is 0.318 e. The molecule has 0 rings (SSSR count). The summed E-state index contributed by atoms with van der Waals surface area (Å²) >= 11 is 0. The normalized spacial score (nSPS) is 12.4. The van der Waals surface area contributed by atoms with Crippen LogP contribution in [0.25, 0.3) is 0 Å². The third-order valence-corrected chi connectivity index (χ3v) is 3.31. The van der Waals surface area contributed by atoms with Crippen LogP contribution >= 0.6 is 0 Å². The highest BCUT2D eigenvalue weighted by Gasteiger charge is 2.35. The predicted molar refractivity (Wildman–Crippen MR) is 73.0 cm³/mol. The molecule has 2 amide bonds. The average Bonchev–Trinajstić information content (AvgIpc) is 2.23. The number of nitrogens with zero attached hydrogens (tertiary/aromatic N) is 1. The quantitative estimate of drug-likeness (QED) is 0.778. The summed E-state index contributed by atoms with van der Waals surface area (Å²) in [6.07, 6.45) is 1.76. The van der Waals surface area contributed by atoms with Crippen LogP contribution in [0, 0.1) is 0 Å². The number of carbonyl (C=O) groups is 1. The van der Waals surface area contributed by atoms with Crippen molar-refractivity contribution in [1.82, 2.24) is 10.2 Å². The summed E-state index contributed by atoms with van der Waals surface area (Å²) in [6.45, 7) is 13.3. The molecule has 0 saturated heterocycles. The van der Waals surface area contributed by atoms with Crippen LogP contribution in [0.5, 0.6) is 0 Å². The molecule has 0 aromatic carbocycles. The van der Waals surface area contributed by atoms with Crippen molar-refractivity contribution in [2.24, 2.45) is 5.73 Å². The Morgan fingerprint density at radius 3 is 1.88 bits per heavy atom. The minimum absolute atomic E-state index is 0.0193. The smallest absolute Gasteiger partial charge is 0.318 e.